The molecule has 2 saturated heterocycles. The van der Waals surface area contributed by atoms with E-state index >= 15 is 0 Å². The molecule has 0 spiro atoms. The summed E-state index contributed by atoms with van der Waals surface area (Å²) in [4.78, 5) is 17.4. The molecule has 25 heavy (non-hydrogen) atoms. The van der Waals surface area contributed by atoms with Crippen molar-refractivity contribution in [2.45, 2.75) is 32.1 Å². The van der Waals surface area contributed by atoms with Gasteiger partial charge >= 0.3 is 0 Å². The molecule has 1 aromatic rings. The van der Waals surface area contributed by atoms with Crippen LogP contribution in [-0.4, -0.2) is 55.0 Å². The Morgan fingerprint density at radius 1 is 1.08 bits per heavy atom. The number of nitrogens with zero attached hydrogens (tertiary/aromatic N) is 2. The number of nitrogens with one attached hydrogen (secondary N) is 1. The van der Waals surface area contributed by atoms with E-state index in [4.69, 9.17) is 0 Å². The first-order valence-electron chi connectivity index (χ1n) is 9.18. The van der Waals surface area contributed by atoms with E-state index in [0.717, 1.165) is 50.4 Å². The molecular formula is C19H29Cl2N3O. The Hall–Kier alpha value is -0.970. The minimum Gasteiger partial charge on any atom is -0.384 e. The summed E-state index contributed by atoms with van der Waals surface area (Å²) in [7, 11) is 0. The summed E-state index contributed by atoms with van der Waals surface area (Å²) in [5.74, 6) is 1.00. The smallest absolute Gasteiger partial charge is 0.253 e. The number of carbonyl (C=O) groups is 1. The molecule has 1 N–H and O–H groups in total. The second-order valence-electron chi connectivity index (χ2n) is 7.29. The van der Waals surface area contributed by atoms with E-state index in [1.54, 1.807) is 0 Å². The van der Waals surface area contributed by atoms with E-state index in [9.17, 15) is 4.79 Å². The topological polar surface area (TPSA) is 35.6 Å². The van der Waals surface area contributed by atoms with Gasteiger partial charge in [-0.3, -0.25) is 4.79 Å². The molecule has 2 fully saturated rings. The molecule has 3 heterocycles. The summed E-state index contributed by atoms with van der Waals surface area (Å²) in [5, 5.41) is 3.36. The van der Waals surface area contributed by atoms with Crippen molar-refractivity contribution in [2.24, 2.45) is 5.92 Å². The van der Waals surface area contributed by atoms with Gasteiger partial charge in [-0.25, -0.2) is 0 Å². The second kappa shape index (κ2) is 9.11. The van der Waals surface area contributed by atoms with Gasteiger partial charge in [-0.15, -0.1) is 24.8 Å². The number of hydrogen-bond donors (Lipinski definition) is 1. The lowest BCUT2D eigenvalue weighted by Crippen LogP contribution is -2.41. The molecule has 4 nitrogen and oxygen atoms in total. The Kier molecular flexibility index (Phi) is 7.41. The van der Waals surface area contributed by atoms with Crippen LogP contribution in [0.4, 0.5) is 5.69 Å². The molecule has 4 rings (SSSR count). The van der Waals surface area contributed by atoms with Crippen molar-refractivity contribution in [2.75, 3.05) is 44.6 Å². The zero-order valence-electron chi connectivity index (χ0n) is 14.7. The minimum absolute atomic E-state index is 0. The Balaban J connectivity index is 0.00000113. The van der Waals surface area contributed by atoms with Crippen molar-refractivity contribution < 1.29 is 4.79 Å². The number of carbonyl (C=O) groups excluding carboxylic acids is 1. The average molecular weight is 386 g/mol. The molecule has 0 saturated carbocycles. The van der Waals surface area contributed by atoms with Crippen molar-refractivity contribution in [3.8, 4) is 0 Å². The number of rotatable bonds is 3. The zero-order valence-corrected chi connectivity index (χ0v) is 16.3. The normalized spacial score (nSPS) is 20.4. The SMILES string of the molecule is Cl.Cl.O=C(c1ccc2c(c1)CCN2)N1CCC(CN2CCCC2)CC1. The van der Waals surface area contributed by atoms with E-state index in [0.29, 0.717) is 0 Å². The molecule has 0 bridgehead atoms. The highest BCUT2D eigenvalue weighted by Crippen LogP contribution is 2.25. The number of likely N-dealkylation sites (tertiary alicyclic amines) is 2. The third-order valence-corrected chi connectivity index (χ3v) is 5.68. The molecule has 6 heteroatoms. The predicted molar refractivity (Wildman–Crippen MR) is 107 cm³/mol. The van der Waals surface area contributed by atoms with Gasteiger partial charge in [-0.1, -0.05) is 0 Å². The molecule has 140 valence electrons. The summed E-state index contributed by atoms with van der Waals surface area (Å²) >= 11 is 0. The summed E-state index contributed by atoms with van der Waals surface area (Å²) in [6, 6.07) is 6.14. The molecule has 0 atom stereocenters. The van der Waals surface area contributed by atoms with Crippen LogP contribution in [0, 0.1) is 5.92 Å². The van der Waals surface area contributed by atoms with Crippen LogP contribution in [0.1, 0.15) is 41.6 Å². The van der Waals surface area contributed by atoms with Crippen LogP contribution in [-0.2, 0) is 6.42 Å². The lowest BCUT2D eigenvalue weighted by Gasteiger charge is -2.34. The van der Waals surface area contributed by atoms with Crippen LogP contribution in [0.5, 0.6) is 0 Å². The van der Waals surface area contributed by atoms with Crippen LogP contribution in [0.15, 0.2) is 18.2 Å². The number of fused-ring (bicyclic) bond motifs is 1. The number of amides is 1. The van der Waals surface area contributed by atoms with Crippen molar-refractivity contribution in [1.29, 1.82) is 0 Å². The van der Waals surface area contributed by atoms with Crippen molar-refractivity contribution in [3.05, 3.63) is 29.3 Å². The first-order chi connectivity index (χ1) is 11.3. The summed E-state index contributed by atoms with van der Waals surface area (Å²) in [5.41, 5.74) is 3.36. The fraction of sp³-hybridized carbons (Fsp3) is 0.632. The number of anilines is 1. The summed E-state index contributed by atoms with van der Waals surface area (Å²) in [6.07, 6.45) is 6.09. The number of piperidine rings is 1. The van der Waals surface area contributed by atoms with Crippen LogP contribution >= 0.6 is 24.8 Å². The highest BCUT2D eigenvalue weighted by atomic mass is 35.5. The fourth-order valence-corrected chi connectivity index (χ4v) is 4.27. The van der Waals surface area contributed by atoms with Gasteiger partial charge in [0.1, 0.15) is 0 Å². The van der Waals surface area contributed by atoms with Crippen molar-refractivity contribution >= 4 is 36.4 Å². The Morgan fingerprint density at radius 2 is 1.80 bits per heavy atom. The molecule has 0 unspecified atom stereocenters. The highest BCUT2D eigenvalue weighted by Gasteiger charge is 2.26. The van der Waals surface area contributed by atoms with Gasteiger partial charge in [0.05, 0.1) is 0 Å². The van der Waals surface area contributed by atoms with Crippen LogP contribution in [0.25, 0.3) is 0 Å². The average Bonchev–Trinajstić information content (AvgIpc) is 3.25. The monoisotopic (exact) mass is 385 g/mol. The zero-order chi connectivity index (χ0) is 15.6. The van der Waals surface area contributed by atoms with Gasteiger partial charge in [0, 0.05) is 37.4 Å². The lowest BCUT2D eigenvalue weighted by atomic mass is 9.95. The molecule has 1 amide bonds. The molecule has 0 aliphatic carbocycles. The fourth-order valence-electron chi connectivity index (χ4n) is 4.27. The van der Waals surface area contributed by atoms with E-state index in [-0.39, 0.29) is 30.7 Å². The van der Waals surface area contributed by atoms with Crippen molar-refractivity contribution in [1.82, 2.24) is 9.80 Å². The Morgan fingerprint density at radius 3 is 2.52 bits per heavy atom. The van der Waals surface area contributed by atoms with Gasteiger partial charge in [0.2, 0.25) is 0 Å². The van der Waals surface area contributed by atoms with E-state index < -0.39 is 0 Å². The van der Waals surface area contributed by atoms with Gasteiger partial charge in [-0.05, 0) is 74.9 Å². The third-order valence-electron chi connectivity index (χ3n) is 5.68. The van der Waals surface area contributed by atoms with E-state index in [1.807, 2.05) is 6.07 Å². The maximum absolute atomic E-state index is 12.7. The summed E-state index contributed by atoms with van der Waals surface area (Å²) < 4.78 is 0. The molecule has 1 aromatic carbocycles. The van der Waals surface area contributed by atoms with Crippen LogP contribution < -0.4 is 5.32 Å². The Labute approximate surface area is 163 Å². The van der Waals surface area contributed by atoms with Crippen LogP contribution in [0.2, 0.25) is 0 Å². The predicted octanol–water partition coefficient (Wildman–Crippen LogP) is 3.45. The minimum atomic E-state index is 0. The lowest BCUT2D eigenvalue weighted by molar-refractivity contribution is 0.0673. The van der Waals surface area contributed by atoms with Crippen molar-refractivity contribution in [3.63, 3.8) is 0 Å². The summed E-state index contributed by atoms with van der Waals surface area (Å²) in [6.45, 7) is 6.64. The maximum Gasteiger partial charge on any atom is 0.253 e. The standard InChI is InChI=1S/C19H27N3O.2ClH/c23-19(17-3-4-18-16(13-17)5-8-20-18)22-11-6-15(7-12-22)14-21-9-1-2-10-21;;/h3-4,13,15,20H,1-2,5-12,14H2;2*1H. The van der Waals surface area contributed by atoms with E-state index in [1.165, 1.54) is 43.7 Å². The first-order valence-corrected chi connectivity index (χ1v) is 9.18. The number of hydrogen-bond acceptors (Lipinski definition) is 3. The first kappa shape index (κ1) is 20.3. The third kappa shape index (κ3) is 4.60. The molecule has 0 radical (unpaired) electrons. The van der Waals surface area contributed by atoms with Crippen LogP contribution in [0.3, 0.4) is 0 Å². The molecule has 0 aromatic heterocycles. The quantitative estimate of drug-likeness (QED) is 0.865. The van der Waals surface area contributed by atoms with Gasteiger partial charge in [0.25, 0.3) is 5.91 Å². The largest absolute Gasteiger partial charge is 0.384 e. The molecule has 3 aliphatic heterocycles. The Bertz CT molecular complexity index is 582. The molecular weight excluding hydrogens is 357 g/mol. The number of benzene rings is 1. The van der Waals surface area contributed by atoms with E-state index in [2.05, 4.69) is 27.2 Å². The second-order valence-corrected chi connectivity index (χ2v) is 7.29. The van der Waals surface area contributed by atoms with Gasteiger partial charge in [0.15, 0.2) is 0 Å². The highest BCUT2D eigenvalue weighted by molar-refractivity contribution is 5.95. The molecule has 3 aliphatic rings. The van der Waals surface area contributed by atoms with Gasteiger partial charge < -0.3 is 15.1 Å². The van der Waals surface area contributed by atoms with Gasteiger partial charge in [-0.2, -0.15) is 0 Å². The maximum atomic E-state index is 12.7. The number of halogens is 2.